The van der Waals surface area contributed by atoms with E-state index in [0.717, 1.165) is 0 Å². The molecule has 17 heteroatoms. The summed E-state index contributed by atoms with van der Waals surface area (Å²) in [5.74, 6) is -4.25. The zero-order chi connectivity index (χ0) is 41.5. The number of alkyl halides is 1. The average molecular weight is 801 g/mol. The highest BCUT2D eigenvalue weighted by molar-refractivity contribution is 6.01. The van der Waals surface area contributed by atoms with Gasteiger partial charge in [0.25, 0.3) is 5.09 Å². The zero-order valence-corrected chi connectivity index (χ0v) is 32.5. The van der Waals surface area contributed by atoms with Crippen molar-refractivity contribution in [3.05, 3.63) is 63.7 Å². The summed E-state index contributed by atoms with van der Waals surface area (Å²) >= 11 is 0. The number of aliphatic hydroxyl groups excluding tert-OH is 1. The first-order valence-electron chi connectivity index (χ1n) is 19.1. The highest BCUT2D eigenvalue weighted by Gasteiger charge is 2.77. The van der Waals surface area contributed by atoms with Crippen molar-refractivity contribution in [2.75, 3.05) is 19.8 Å². The summed E-state index contributed by atoms with van der Waals surface area (Å²) in [6.45, 7) is 7.41. The molecule has 4 unspecified atom stereocenters. The number of amides is 1. The number of Topliss-reactive ketones (excluding diaryl/α,β-unsaturated/α-hetero) is 1. The fourth-order valence-corrected chi connectivity index (χ4v) is 10.3. The first-order valence-corrected chi connectivity index (χ1v) is 19.1. The van der Waals surface area contributed by atoms with Gasteiger partial charge in [0.1, 0.15) is 18.0 Å². The molecule has 1 aromatic rings. The quantitative estimate of drug-likeness (QED) is 0.0892. The summed E-state index contributed by atoms with van der Waals surface area (Å²) in [6, 6.07) is 4.98. The molecular weight excluding hydrogens is 751 g/mol. The van der Waals surface area contributed by atoms with E-state index in [1.165, 1.54) is 31.2 Å². The molecule has 1 heterocycles. The molecule has 0 radical (unpaired) electrons. The predicted molar refractivity (Wildman–Crippen MR) is 194 cm³/mol. The third-order valence-electron chi connectivity index (χ3n) is 12.4. The van der Waals surface area contributed by atoms with Gasteiger partial charge in [-0.1, -0.05) is 32.1 Å². The van der Waals surface area contributed by atoms with Crippen LogP contribution in [0.5, 0.6) is 5.75 Å². The molecule has 1 saturated heterocycles. The van der Waals surface area contributed by atoms with E-state index >= 15 is 4.39 Å². The number of carbonyl (C=O) groups is 5. The van der Waals surface area contributed by atoms with Gasteiger partial charge in [-0.3, -0.25) is 14.4 Å². The van der Waals surface area contributed by atoms with Crippen molar-refractivity contribution in [1.29, 1.82) is 0 Å². The minimum absolute atomic E-state index is 0.0334. The van der Waals surface area contributed by atoms with Gasteiger partial charge in [0.05, 0.1) is 25.4 Å². The number of allylic oxidation sites excluding steroid dienone is 4. The van der Waals surface area contributed by atoms with E-state index in [1.807, 2.05) is 13.8 Å². The molecule has 0 bridgehead atoms. The van der Waals surface area contributed by atoms with Gasteiger partial charge >= 0.3 is 12.1 Å². The van der Waals surface area contributed by atoms with Crippen LogP contribution in [0, 0.1) is 38.7 Å². The van der Waals surface area contributed by atoms with Crippen LogP contribution < -0.4 is 10.1 Å². The molecule has 10 atom stereocenters. The molecule has 1 aliphatic heterocycles. The molecule has 6 rings (SSSR count). The summed E-state index contributed by atoms with van der Waals surface area (Å²) in [5.41, 5.74) is -2.61. The number of hydrogen-bond acceptors (Lipinski definition) is 14. The van der Waals surface area contributed by atoms with Crippen molar-refractivity contribution in [1.82, 2.24) is 5.32 Å². The molecule has 4 aliphatic carbocycles. The Kier molecular flexibility index (Phi) is 11.7. The number of nitrogens with zero attached hydrogens (tertiary/aromatic N) is 1. The lowest BCUT2D eigenvalue weighted by molar-refractivity contribution is -0.757. The molecule has 4 fully saturated rings. The highest BCUT2D eigenvalue weighted by atomic mass is 19.1. The topological polar surface area (TPSA) is 216 Å². The van der Waals surface area contributed by atoms with Gasteiger partial charge in [-0.2, -0.15) is 0 Å². The maximum atomic E-state index is 15.9. The largest absolute Gasteiger partial charge is 0.514 e. The molecule has 310 valence electrons. The maximum Gasteiger partial charge on any atom is 0.514 e. The van der Waals surface area contributed by atoms with Gasteiger partial charge in [-0.25, -0.2) is 14.0 Å². The van der Waals surface area contributed by atoms with Crippen LogP contribution in [0.15, 0.2) is 48.1 Å². The summed E-state index contributed by atoms with van der Waals surface area (Å²) in [6.07, 6.45) is 1.30. The number of esters is 1. The zero-order valence-electron chi connectivity index (χ0n) is 32.5. The number of unbranched alkanes of at least 4 members (excludes halogenated alkanes) is 1. The second-order valence-corrected chi connectivity index (χ2v) is 16.5. The third kappa shape index (κ3) is 8.06. The van der Waals surface area contributed by atoms with E-state index in [4.69, 9.17) is 23.7 Å². The Morgan fingerprint density at radius 1 is 1.07 bits per heavy atom. The number of fused-ring (bicyclic) bond motifs is 7. The molecule has 1 amide bonds. The fraction of sp³-hybridized carbons (Fsp3) is 0.625. The highest BCUT2D eigenvalue weighted by Crippen LogP contribution is 2.70. The fourth-order valence-electron chi connectivity index (χ4n) is 10.3. The Hall–Kier alpha value is -4.74. The van der Waals surface area contributed by atoms with Crippen molar-refractivity contribution in [2.45, 2.75) is 109 Å². The number of benzene rings is 1. The Morgan fingerprint density at radius 2 is 1.77 bits per heavy atom. The van der Waals surface area contributed by atoms with Crippen molar-refractivity contribution in [3.8, 4) is 5.75 Å². The lowest BCUT2D eigenvalue weighted by atomic mass is 9.46. The molecule has 16 nitrogen and oxygen atoms in total. The monoisotopic (exact) mass is 800 g/mol. The number of carbonyl (C=O) groups excluding carboxylic acids is 5. The Labute approximate surface area is 328 Å². The second kappa shape index (κ2) is 15.9. The van der Waals surface area contributed by atoms with Crippen molar-refractivity contribution in [2.24, 2.45) is 28.6 Å². The number of hydrogen-bond donors (Lipinski definition) is 2. The normalized spacial score (nSPS) is 33.7. The number of nitrogens with one attached hydrogen (secondary N) is 1. The third-order valence-corrected chi connectivity index (χ3v) is 12.4. The lowest BCUT2D eigenvalue weighted by Gasteiger charge is -2.60. The van der Waals surface area contributed by atoms with E-state index in [-0.39, 0.29) is 62.3 Å². The molecular formula is C40H49FN2O14. The molecule has 57 heavy (non-hydrogen) atoms. The summed E-state index contributed by atoms with van der Waals surface area (Å²) in [4.78, 5) is 78.4. The van der Waals surface area contributed by atoms with Gasteiger partial charge in [0.2, 0.25) is 11.7 Å². The van der Waals surface area contributed by atoms with Crippen LogP contribution in [-0.4, -0.2) is 95.4 Å². The van der Waals surface area contributed by atoms with Gasteiger partial charge in [-0.05, 0) is 93.2 Å². The Bertz CT molecular complexity index is 1850. The van der Waals surface area contributed by atoms with Crippen LogP contribution in [0.3, 0.4) is 0 Å². The van der Waals surface area contributed by atoms with E-state index in [9.17, 15) is 39.2 Å². The molecule has 2 N–H and O–H groups in total. The second-order valence-electron chi connectivity index (χ2n) is 16.5. The number of ketones is 2. The maximum absolute atomic E-state index is 15.9. The van der Waals surface area contributed by atoms with E-state index < -0.39 is 88.1 Å². The average Bonchev–Trinajstić information content (AvgIpc) is 3.54. The number of halogens is 1. The first-order chi connectivity index (χ1) is 26.8. The minimum atomic E-state index is -1.63. The minimum Gasteiger partial charge on any atom is -0.464 e. The van der Waals surface area contributed by atoms with E-state index in [2.05, 4.69) is 10.2 Å². The first kappa shape index (κ1) is 41.9. The summed E-state index contributed by atoms with van der Waals surface area (Å²) < 4.78 is 44.7. The summed E-state index contributed by atoms with van der Waals surface area (Å²) in [5, 5.41) is 23.7. The van der Waals surface area contributed by atoms with Crippen LogP contribution in [0.4, 0.5) is 9.18 Å². The summed E-state index contributed by atoms with van der Waals surface area (Å²) in [7, 11) is 0. The van der Waals surface area contributed by atoms with Crippen molar-refractivity contribution in [3.63, 3.8) is 0 Å². The molecule has 5 aliphatic rings. The van der Waals surface area contributed by atoms with Crippen LogP contribution in [0.1, 0.15) is 72.3 Å². The molecule has 1 aromatic carbocycles. The number of ether oxygens (including phenoxy) is 5. The van der Waals surface area contributed by atoms with Gasteiger partial charge in [0, 0.05) is 30.1 Å². The van der Waals surface area contributed by atoms with Crippen LogP contribution >= 0.6 is 0 Å². The van der Waals surface area contributed by atoms with E-state index in [1.54, 1.807) is 32.1 Å². The predicted octanol–water partition coefficient (Wildman–Crippen LogP) is 4.08. The molecule has 3 saturated carbocycles. The van der Waals surface area contributed by atoms with Crippen LogP contribution in [0.2, 0.25) is 0 Å². The standard InChI is InChI=1S/C40H49FN2O14/c1-22(44)42-30(35(48)52-14-6-7-15-54-43(50)51)16-23-8-10-25(11-9-23)55-36(49)53-21-32(47)40-33(56-37(2,3)57-40)19-27-26-18-29(41)28-17-24(45)12-13-38(28,4)34(26)31(46)20-39(27,40)5/h8-13,17,26-27,29-31,33-34,46H,6-7,14-16,18-21H2,1-5H3,(H,42,44)/t26?,27?,29-,30?,31-,33+,34?,38-,39-,40-/m0/s1. The molecule has 0 spiro atoms. The SMILES string of the molecule is CC(=O)NC(Cc1ccc(OC(=O)OCC(=O)[C@]23OC(C)(C)O[C@@H]2CC2C4C[C@H](F)C5=CC(=O)C=C[C@]5(C)C4[C@@H](O)C[C@@]23C)cc1)C(=O)OCCCCO[N+](=O)[O-]. The number of aliphatic hydroxyl groups is 1. The van der Waals surface area contributed by atoms with Gasteiger partial charge in [-0.15, -0.1) is 10.1 Å². The lowest BCUT2D eigenvalue weighted by Crippen LogP contribution is -2.64. The smallest absolute Gasteiger partial charge is 0.464 e. The van der Waals surface area contributed by atoms with Crippen LogP contribution in [-0.2, 0) is 49.4 Å². The van der Waals surface area contributed by atoms with Crippen molar-refractivity contribution >= 4 is 29.6 Å². The molecule has 0 aromatic heterocycles. The van der Waals surface area contributed by atoms with E-state index in [0.29, 0.717) is 24.0 Å². The number of rotatable bonds is 14. The van der Waals surface area contributed by atoms with Gasteiger partial charge < -0.3 is 38.9 Å². The Morgan fingerprint density at radius 3 is 2.46 bits per heavy atom. The van der Waals surface area contributed by atoms with Crippen LogP contribution in [0.25, 0.3) is 0 Å². The van der Waals surface area contributed by atoms with Crippen molar-refractivity contribution < 1.29 is 67.1 Å². The Balaban J connectivity index is 1.09. The van der Waals surface area contributed by atoms with Gasteiger partial charge in [0.15, 0.2) is 23.8 Å².